The first-order valence-corrected chi connectivity index (χ1v) is 4.30. The van der Waals surface area contributed by atoms with Crippen LogP contribution in [-0.2, 0) is 4.74 Å². The quantitative estimate of drug-likeness (QED) is 0.557. The zero-order valence-corrected chi connectivity index (χ0v) is 6.97. The van der Waals surface area contributed by atoms with E-state index in [2.05, 4.69) is 19.1 Å². The lowest BCUT2D eigenvalue weighted by atomic mass is 9.88. The number of rotatable bonds is 1. The Balaban J connectivity index is 2.03. The van der Waals surface area contributed by atoms with E-state index < -0.39 is 0 Å². The molecular formula is C10H14O. The summed E-state index contributed by atoms with van der Waals surface area (Å²) in [6, 6.07) is 0. The smallest absolute Gasteiger partial charge is 0.0554 e. The molecule has 0 aromatic carbocycles. The minimum Gasteiger partial charge on any atom is -0.380 e. The van der Waals surface area contributed by atoms with E-state index in [1.54, 1.807) is 5.57 Å². The van der Waals surface area contributed by atoms with Gasteiger partial charge >= 0.3 is 0 Å². The van der Waals surface area contributed by atoms with Gasteiger partial charge in [0.1, 0.15) is 0 Å². The standard InChI is InChI=1S/C10H14O/c1-8-2-4-9(5-3-8)10-6-11-7-10/h2,4,10H,3,5-7H2,1H3. The van der Waals surface area contributed by atoms with E-state index in [-0.39, 0.29) is 0 Å². The maximum Gasteiger partial charge on any atom is 0.0554 e. The van der Waals surface area contributed by atoms with Gasteiger partial charge in [-0.15, -0.1) is 0 Å². The van der Waals surface area contributed by atoms with E-state index in [0.29, 0.717) is 0 Å². The third-order valence-corrected chi connectivity index (χ3v) is 2.55. The van der Waals surface area contributed by atoms with Gasteiger partial charge in [0.05, 0.1) is 13.2 Å². The van der Waals surface area contributed by atoms with Crippen molar-refractivity contribution in [1.82, 2.24) is 0 Å². The monoisotopic (exact) mass is 150 g/mol. The first kappa shape index (κ1) is 7.11. The maximum atomic E-state index is 5.15. The Morgan fingerprint density at radius 2 is 2.09 bits per heavy atom. The van der Waals surface area contributed by atoms with Crippen molar-refractivity contribution in [3.63, 3.8) is 0 Å². The molecule has 2 aliphatic rings. The molecule has 0 atom stereocenters. The Bertz CT molecular complexity index is 209. The maximum absolute atomic E-state index is 5.15. The van der Waals surface area contributed by atoms with Crippen LogP contribution in [0.4, 0.5) is 0 Å². The normalized spacial score (nSPS) is 25.5. The summed E-state index contributed by atoms with van der Waals surface area (Å²) >= 11 is 0. The van der Waals surface area contributed by atoms with Crippen molar-refractivity contribution in [3.05, 3.63) is 23.3 Å². The van der Waals surface area contributed by atoms with E-state index in [1.165, 1.54) is 18.4 Å². The predicted molar refractivity (Wildman–Crippen MR) is 45.4 cm³/mol. The fourth-order valence-corrected chi connectivity index (χ4v) is 1.55. The van der Waals surface area contributed by atoms with Gasteiger partial charge in [0.2, 0.25) is 0 Å². The summed E-state index contributed by atoms with van der Waals surface area (Å²) in [6.07, 6.45) is 7.04. The van der Waals surface area contributed by atoms with E-state index in [4.69, 9.17) is 4.74 Å². The van der Waals surface area contributed by atoms with Crippen LogP contribution >= 0.6 is 0 Å². The minimum absolute atomic E-state index is 0.749. The second-order valence-electron chi connectivity index (χ2n) is 3.49. The average molecular weight is 150 g/mol. The molecule has 0 saturated carbocycles. The van der Waals surface area contributed by atoms with Crippen LogP contribution in [0.15, 0.2) is 23.3 Å². The fourth-order valence-electron chi connectivity index (χ4n) is 1.55. The van der Waals surface area contributed by atoms with Gasteiger partial charge in [0, 0.05) is 5.92 Å². The first-order chi connectivity index (χ1) is 5.36. The van der Waals surface area contributed by atoms with Gasteiger partial charge in [0.15, 0.2) is 0 Å². The Morgan fingerprint density at radius 3 is 2.55 bits per heavy atom. The molecule has 0 aromatic rings. The molecule has 0 radical (unpaired) electrons. The molecule has 0 unspecified atom stereocenters. The van der Waals surface area contributed by atoms with Crippen molar-refractivity contribution in [3.8, 4) is 0 Å². The molecule has 0 aromatic heterocycles. The van der Waals surface area contributed by atoms with E-state index in [0.717, 1.165) is 19.1 Å². The Labute approximate surface area is 67.7 Å². The van der Waals surface area contributed by atoms with E-state index in [9.17, 15) is 0 Å². The summed E-state index contributed by atoms with van der Waals surface area (Å²) < 4.78 is 5.15. The highest BCUT2D eigenvalue weighted by Gasteiger charge is 2.22. The molecule has 1 fully saturated rings. The Kier molecular flexibility index (Phi) is 1.82. The molecule has 1 heteroatoms. The van der Waals surface area contributed by atoms with Gasteiger partial charge in [-0.3, -0.25) is 0 Å². The van der Waals surface area contributed by atoms with Crippen LogP contribution in [-0.4, -0.2) is 13.2 Å². The van der Waals surface area contributed by atoms with Crippen LogP contribution in [0.1, 0.15) is 19.8 Å². The third kappa shape index (κ3) is 1.38. The van der Waals surface area contributed by atoms with Crippen LogP contribution in [0.3, 0.4) is 0 Å². The van der Waals surface area contributed by atoms with Crippen molar-refractivity contribution in [2.75, 3.05) is 13.2 Å². The Morgan fingerprint density at radius 1 is 1.27 bits per heavy atom. The zero-order chi connectivity index (χ0) is 7.68. The van der Waals surface area contributed by atoms with Crippen molar-refractivity contribution in [2.45, 2.75) is 19.8 Å². The van der Waals surface area contributed by atoms with Crippen LogP contribution in [0.2, 0.25) is 0 Å². The summed E-state index contributed by atoms with van der Waals surface area (Å²) in [5.74, 6) is 0.749. The molecule has 2 rings (SSSR count). The lowest BCUT2D eigenvalue weighted by molar-refractivity contribution is -0.0148. The van der Waals surface area contributed by atoms with Gasteiger partial charge in [-0.05, 0) is 19.8 Å². The number of allylic oxidation sites excluding steroid dienone is 3. The second-order valence-corrected chi connectivity index (χ2v) is 3.49. The van der Waals surface area contributed by atoms with Crippen LogP contribution in [0, 0.1) is 5.92 Å². The summed E-state index contributed by atoms with van der Waals surface area (Å²) in [4.78, 5) is 0. The molecule has 1 saturated heterocycles. The molecular weight excluding hydrogens is 136 g/mol. The molecule has 60 valence electrons. The van der Waals surface area contributed by atoms with Crippen LogP contribution in [0.25, 0.3) is 0 Å². The molecule has 1 aliphatic carbocycles. The largest absolute Gasteiger partial charge is 0.380 e. The minimum atomic E-state index is 0.749. The number of ether oxygens (including phenoxy) is 1. The zero-order valence-electron chi connectivity index (χ0n) is 6.97. The average Bonchev–Trinajstić information content (AvgIpc) is 1.90. The van der Waals surface area contributed by atoms with Crippen molar-refractivity contribution in [2.24, 2.45) is 5.92 Å². The van der Waals surface area contributed by atoms with Crippen molar-refractivity contribution in [1.29, 1.82) is 0 Å². The van der Waals surface area contributed by atoms with Crippen LogP contribution in [0.5, 0.6) is 0 Å². The lowest BCUT2D eigenvalue weighted by Gasteiger charge is -2.29. The highest BCUT2D eigenvalue weighted by atomic mass is 16.5. The van der Waals surface area contributed by atoms with E-state index >= 15 is 0 Å². The summed E-state index contributed by atoms with van der Waals surface area (Å²) in [6.45, 7) is 4.11. The molecule has 11 heavy (non-hydrogen) atoms. The van der Waals surface area contributed by atoms with Gasteiger partial charge < -0.3 is 4.74 Å². The molecule has 1 heterocycles. The highest BCUT2D eigenvalue weighted by molar-refractivity contribution is 5.25. The lowest BCUT2D eigenvalue weighted by Crippen LogP contribution is -2.29. The van der Waals surface area contributed by atoms with Crippen molar-refractivity contribution >= 4 is 0 Å². The van der Waals surface area contributed by atoms with Gasteiger partial charge in [0.25, 0.3) is 0 Å². The number of hydrogen-bond donors (Lipinski definition) is 0. The second kappa shape index (κ2) is 2.82. The first-order valence-electron chi connectivity index (χ1n) is 4.30. The topological polar surface area (TPSA) is 9.23 Å². The predicted octanol–water partition coefficient (Wildman–Crippen LogP) is 2.30. The van der Waals surface area contributed by atoms with E-state index in [1.807, 2.05) is 0 Å². The molecule has 0 spiro atoms. The van der Waals surface area contributed by atoms with Crippen molar-refractivity contribution < 1.29 is 4.74 Å². The highest BCUT2D eigenvalue weighted by Crippen LogP contribution is 2.28. The fraction of sp³-hybridized carbons (Fsp3) is 0.600. The molecule has 0 bridgehead atoms. The van der Waals surface area contributed by atoms with Gasteiger partial charge in [-0.1, -0.05) is 23.3 Å². The Hall–Kier alpha value is -0.560. The summed E-state index contributed by atoms with van der Waals surface area (Å²) in [7, 11) is 0. The molecule has 0 N–H and O–H groups in total. The number of hydrogen-bond acceptors (Lipinski definition) is 1. The van der Waals surface area contributed by atoms with Gasteiger partial charge in [-0.2, -0.15) is 0 Å². The molecule has 1 nitrogen and oxygen atoms in total. The third-order valence-electron chi connectivity index (χ3n) is 2.55. The van der Waals surface area contributed by atoms with Crippen LogP contribution < -0.4 is 0 Å². The SMILES string of the molecule is CC1=CC=C(C2COC2)CC1. The molecule has 1 aliphatic heterocycles. The summed E-state index contributed by atoms with van der Waals surface area (Å²) in [5, 5.41) is 0. The molecule has 0 amide bonds. The summed E-state index contributed by atoms with van der Waals surface area (Å²) in [5.41, 5.74) is 3.11. The van der Waals surface area contributed by atoms with Gasteiger partial charge in [-0.25, -0.2) is 0 Å².